The van der Waals surface area contributed by atoms with Gasteiger partial charge in [0.05, 0.1) is 23.2 Å². The van der Waals surface area contributed by atoms with E-state index in [9.17, 15) is 14.9 Å². The number of amides is 1. The van der Waals surface area contributed by atoms with E-state index in [1.54, 1.807) is 12.1 Å². The lowest BCUT2D eigenvalue weighted by molar-refractivity contribution is -0.383. The quantitative estimate of drug-likeness (QED) is 0.665. The Morgan fingerprint density at radius 1 is 1.38 bits per heavy atom. The van der Waals surface area contributed by atoms with Crippen molar-refractivity contribution in [2.24, 2.45) is 0 Å². The Balaban J connectivity index is 2.14. The average Bonchev–Trinajstić information content (AvgIpc) is 2.41. The van der Waals surface area contributed by atoms with E-state index in [0.29, 0.717) is 16.4 Å². The first-order valence-electron chi connectivity index (χ1n) is 5.90. The third kappa shape index (κ3) is 3.90. The van der Waals surface area contributed by atoms with E-state index in [-0.39, 0.29) is 17.8 Å². The predicted molar refractivity (Wildman–Crippen MR) is 79.1 cm³/mol. The maximum atomic E-state index is 11.9. The summed E-state index contributed by atoms with van der Waals surface area (Å²) in [6, 6.07) is 7.18. The number of nitro groups is 1. The highest BCUT2D eigenvalue weighted by Gasteiger charge is 2.16. The van der Waals surface area contributed by atoms with Gasteiger partial charge in [0.25, 0.3) is 5.69 Å². The van der Waals surface area contributed by atoms with Crippen LogP contribution in [0.5, 0.6) is 0 Å². The molecule has 0 saturated carbocycles. The SMILES string of the molecule is Nc1ccc(CC(=O)Nc2cc(Cl)ccc2[N+](=O)[O-])nc1. The monoisotopic (exact) mass is 306 g/mol. The van der Waals surface area contributed by atoms with Crippen LogP contribution < -0.4 is 11.1 Å². The minimum absolute atomic E-state index is 0.0239. The second kappa shape index (κ2) is 6.19. The van der Waals surface area contributed by atoms with Crippen molar-refractivity contribution in [1.29, 1.82) is 0 Å². The Hall–Kier alpha value is -2.67. The fourth-order valence-corrected chi connectivity index (χ4v) is 1.84. The summed E-state index contributed by atoms with van der Waals surface area (Å²) < 4.78 is 0. The van der Waals surface area contributed by atoms with Gasteiger partial charge in [0.15, 0.2) is 0 Å². The third-order valence-corrected chi connectivity index (χ3v) is 2.85. The number of carbonyl (C=O) groups excluding carboxylic acids is 1. The molecule has 1 aromatic carbocycles. The summed E-state index contributed by atoms with van der Waals surface area (Å²) in [7, 11) is 0. The van der Waals surface area contributed by atoms with Crippen LogP contribution in [0.25, 0.3) is 0 Å². The summed E-state index contributed by atoms with van der Waals surface area (Å²) in [5.41, 5.74) is 6.32. The molecule has 0 aliphatic heterocycles. The molecule has 0 spiro atoms. The number of nitro benzene ring substituents is 1. The van der Waals surface area contributed by atoms with Crippen LogP contribution in [-0.2, 0) is 11.2 Å². The molecule has 0 atom stereocenters. The molecule has 7 nitrogen and oxygen atoms in total. The lowest BCUT2D eigenvalue weighted by Crippen LogP contribution is -2.16. The zero-order chi connectivity index (χ0) is 15.4. The number of rotatable bonds is 4. The molecule has 21 heavy (non-hydrogen) atoms. The van der Waals surface area contributed by atoms with Crippen LogP contribution in [0.4, 0.5) is 17.1 Å². The molecule has 1 aromatic heterocycles. The van der Waals surface area contributed by atoms with E-state index in [0.717, 1.165) is 0 Å². The molecule has 1 amide bonds. The Labute approximate surface area is 124 Å². The van der Waals surface area contributed by atoms with E-state index in [1.165, 1.54) is 24.4 Å². The third-order valence-electron chi connectivity index (χ3n) is 2.62. The maximum Gasteiger partial charge on any atom is 0.292 e. The number of anilines is 2. The summed E-state index contributed by atoms with van der Waals surface area (Å²) in [4.78, 5) is 26.2. The van der Waals surface area contributed by atoms with Gasteiger partial charge in [0, 0.05) is 16.8 Å². The number of nitrogen functional groups attached to an aromatic ring is 1. The lowest BCUT2D eigenvalue weighted by atomic mass is 10.2. The van der Waals surface area contributed by atoms with Crippen molar-refractivity contribution in [3.8, 4) is 0 Å². The van der Waals surface area contributed by atoms with Crippen LogP contribution in [0, 0.1) is 10.1 Å². The molecule has 1 heterocycles. The van der Waals surface area contributed by atoms with E-state index in [1.807, 2.05) is 0 Å². The molecule has 0 bridgehead atoms. The predicted octanol–water partition coefficient (Wildman–Crippen LogP) is 2.41. The number of nitrogens with zero attached hydrogens (tertiary/aromatic N) is 2. The number of nitrogens with two attached hydrogens (primary N) is 1. The Bertz CT molecular complexity index is 688. The topological polar surface area (TPSA) is 111 Å². The highest BCUT2D eigenvalue weighted by atomic mass is 35.5. The fraction of sp³-hybridized carbons (Fsp3) is 0.0769. The van der Waals surface area contributed by atoms with Gasteiger partial charge in [0.1, 0.15) is 5.69 Å². The standard InChI is InChI=1S/C13H11ClN4O3/c14-8-1-4-12(18(20)21)11(5-8)17-13(19)6-10-3-2-9(15)7-16-10/h1-5,7H,6,15H2,(H,17,19). The number of nitrogens with one attached hydrogen (secondary N) is 1. The van der Waals surface area contributed by atoms with Crippen LogP contribution in [0.2, 0.25) is 5.02 Å². The van der Waals surface area contributed by atoms with Gasteiger partial charge < -0.3 is 11.1 Å². The van der Waals surface area contributed by atoms with Crippen molar-refractivity contribution in [2.75, 3.05) is 11.1 Å². The first-order valence-corrected chi connectivity index (χ1v) is 6.27. The van der Waals surface area contributed by atoms with Crippen LogP contribution in [0.1, 0.15) is 5.69 Å². The van der Waals surface area contributed by atoms with Gasteiger partial charge in [-0.1, -0.05) is 11.6 Å². The van der Waals surface area contributed by atoms with Crippen LogP contribution in [-0.4, -0.2) is 15.8 Å². The van der Waals surface area contributed by atoms with Gasteiger partial charge in [-0.15, -0.1) is 0 Å². The van der Waals surface area contributed by atoms with Gasteiger partial charge >= 0.3 is 0 Å². The van der Waals surface area contributed by atoms with Gasteiger partial charge in [0.2, 0.25) is 5.91 Å². The van der Waals surface area contributed by atoms with Crippen LogP contribution >= 0.6 is 11.6 Å². The largest absolute Gasteiger partial charge is 0.397 e. The maximum absolute atomic E-state index is 11.9. The molecule has 0 radical (unpaired) electrons. The van der Waals surface area contributed by atoms with Crippen LogP contribution in [0.15, 0.2) is 36.5 Å². The van der Waals surface area contributed by atoms with Crippen molar-refractivity contribution >= 4 is 34.6 Å². The van der Waals surface area contributed by atoms with Gasteiger partial charge in [-0.25, -0.2) is 0 Å². The molecule has 2 aromatic rings. The fourth-order valence-electron chi connectivity index (χ4n) is 1.67. The Morgan fingerprint density at radius 2 is 2.14 bits per heavy atom. The van der Waals surface area contributed by atoms with Crippen molar-refractivity contribution in [2.45, 2.75) is 6.42 Å². The molecule has 0 aliphatic carbocycles. The van der Waals surface area contributed by atoms with E-state index in [4.69, 9.17) is 17.3 Å². The molecule has 3 N–H and O–H groups in total. The lowest BCUT2D eigenvalue weighted by Gasteiger charge is -2.06. The second-order valence-electron chi connectivity index (χ2n) is 4.23. The van der Waals surface area contributed by atoms with Crippen molar-refractivity contribution in [1.82, 2.24) is 4.98 Å². The molecule has 0 saturated heterocycles. The van der Waals surface area contributed by atoms with E-state index >= 15 is 0 Å². The Kier molecular flexibility index (Phi) is 4.34. The molecule has 8 heteroatoms. The number of pyridine rings is 1. The number of carbonyl (C=O) groups is 1. The summed E-state index contributed by atoms with van der Waals surface area (Å²) in [5.74, 6) is -0.433. The summed E-state index contributed by atoms with van der Waals surface area (Å²) >= 11 is 5.78. The zero-order valence-corrected chi connectivity index (χ0v) is 11.5. The molecule has 0 unspecified atom stereocenters. The summed E-state index contributed by atoms with van der Waals surface area (Å²) in [6.07, 6.45) is 1.41. The number of hydrogen-bond donors (Lipinski definition) is 2. The number of aromatic nitrogens is 1. The smallest absolute Gasteiger partial charge is 0.292 e. The molecule has 0 fully saturated rings. The minimum Gasteiger partial charge on any atom is -0.397 e. The summed E-state index contributed by atoms with van der Waals surface area (Å²) in [6.45, 7) is 0. The highest BCUT2D eigenvalue weighted by Crippen LogP contribution is 2.27. The number of halogens is 1. The Morgan fingerprint density at radius 3 is 2.76 bits per heavy atom. The average molecular weight is 307 g/mol. The van der Waals surface area contributed by atoms with E-state index in [2.05, 4.69) is 10.3 Å². The van der Waals surface area contributed by atoms with Crippen molar-refractivity contribution in [3.05, 3.63) is 57.4 Å². The highest BCUT2D eigenvalue weighted by molar-refractivity contribution is 6.31. The van der Waals surface area contributed by atoms with E-state index < -0.39 is 10.8 Å². The first kappa shape index (κ1) is 14.7. The first-order chi connectivity index (χ1) is 9.95. The molecule has 2 rings (SSSR count). The molecule has 108 valence electrons. The van der Waals surface area contributed by atoms with Gasteiger partial charge in [-0.05, 0) is 24.3 Å². The zero-order valence-electron chi connectivity index (χ0n) is 10.7. The van der Waals surface area contributed by atoms with Crippen LogP contribution in [0.3, 0.4) is 0 Å². The number of benzene rings is 1. The summed E-state index contributed by atoms with van der Waals surface area (Å²) in [5, 5.41) is 13.6. The second-order valence-corrected chi connectivity index (χ2v) is 4.66. The van der Waals surface area contributed by atoms with Crippen molar-refractivity contribution < 1.29 is 9.72 Å². The normalized spacial score (nSPS) is 10.1. The number of hydrogen-bond acceptors (Lipinski definition) is 5. The van der Waals surface area contributed by atoms with Crippen molar-refractivity contribution in [3.63, 3.8) is 0 Å². The van der Waals surface area contributed by atoms with Gasteiger partial charge in [-0.3, -0.25) is 19.9 Å². The van der Waals surface area contributed by atoms with Gasteiger partial charge in [-0.2, -0.15) is 0 Å². The molecular weight excluding hydrogens is 296 g/mol. The minimum atomic E-state index is -0.590. The molecular formula is C13H11ClN4O3. The molecule has 0 aliphatic rings.